The molecule has 4 heteroatoms. The molecule has 0 aromatic heterocycles. The van der Waals surface area contributed by atoms with E-state index in [1.54, 1.807) is 0 Å². The molecule has 2 unspecified atom stereocenters. The van der Waals surface area contributed by atoms with Gasteiger partial charge in [0.05, 0.1) is 0 Å². The fourth-order valence-electron chi connectivity index (χ4n) is 3.48. The van der Waals surface area contributed by atoms with Crippen molar-refractivity contribution in [2.75, 3.05) is 0 Å². The summed E-state index contributed by atoms with van der Waals surface area (Å²) in [6.45, 7) is 6.29. The first-order valence-corrected chi connectivity index (χ1v) is 5.09. The van der Waals surface area contributed by atoms with Crippen molar-refractivity contribution in [2.45, 2.75) is 45.8 Å². The monoisotopic (exact) mass is 202 g/mol. The largest absolute Gasteiger partial charge is 0.249 e. The minimum atomic E-state index is -1.22. The van der Waals surface area contributed by atoms with Crippen molar-refractivity contribution < 1.29 is 20.3 Å². The lowest BCUT2D eigenvalue weighted by atomic mass is 9.68. The Bertz CT molecular complexity index is 247. The summed E-state index contributed by atoms with van der Waals surface area (Å²) >= 11 is 0. The van der Waals surface area contributed by atoms with E-state index in [4.69, 9.17) is 10.5 Å². The van der Waals surface area contributed by atoms with Gasteiger partial charge < -0.3 is 0 Å². The summed E-state index contributed by atoms with van der Waals surface area (Å²) in [5.74, 6) is -0.786. The molecule has 0 spiro atoms. The van der Waals surface area contributed by atoms with E-state index >= 15 is 0 Å². The van der Waals surface area contributed by atoms with Crippen LogP contribution < -0.4 is 0 Å². The Labute approximate surface area is 83.7 Å². The third-order valence-corrected chi connectivity index (χ3v) is 5.09. The molecule has 2 saturated carbocycles. The molecule has 2 fully saturated rings. The van der Waals surface area contributed by atoms with Gasteiger partial charge in [0.15, 0.2) is 0 Å². The van der Waals surface area contributed by atoms with Crippen LogP contribution in [0.3, 0.4) is 0 Å². The third kappa shape index (κ3) is 0.834. The van der Waals surface area contributed by atoms with E-state index < -0.39 is 5.79 Å². The predicted molar refractivity (Wildman–Crippen MR) is 49.4 cm³/mol. The normalized spacial score (nSPS) is 43.1. The molecule has 14 heavy (non-hydrogen) atoms. The molecule has 0 amide bonds. The molecule has 0 saturated heterocycles. The highest BCUT2D eigenvalue weighted by Crippen LogP contribution is 2.70. The zero-order valence-corrected chi connectivity index (χ0v) is 8.91. The van der Waals surface area contributed by atoms with Crippen LogP contribution in [0.25, 0.3) is 0 Å². The maximum atomic E-state index is 8.95. The van der Waals surface area contributed by atoms with Gasteiger partial charge in [-0.25, -0.2) is 20.3 Å². The minimum absolute atomic E-state index is 0.0263. The molecule has 0 radical (unpaired) electrons. The van der Waals surface area contributed by atoms with Crippen molar-refractivity contribution in [3.05, 3.63) is 0 Å². The van der Waals surface area contributed by atoms with Crippen LogP contribution in [-0.4, -0.2) is 16.3 Å². The van der Waals surface area contributed by atoms with Crippen LogP contribution >= 0.6 is 0 Å². The van der Waals surface area contributed by atoms with Crippen LogP contribution in [0.15, 0.2) is 0 Å². The predicted octanol–water partition coefficient (Wildman–Crippen LogP) is 2.51. The highest BCUT2D eigenvalue weighted by Gasteiger charge is 2.72. The summed E-state index contributed by atoms with van der Waals surface area (Å²) in [5.41, 5.74) is -0.299. The highest BCUT2D eigenvalue weighted by atomic mass is 17.2. The first kappa shape index (κ1) is 10.4. The molecular weight excluding hydrogens is 184 g/mol. The van der Waals surface area contributed by atoms with Gasteiger partial charge in [0.1, 0.15) is 0 Å². The maximum absolute atomic E-state index is 8.95. The van der Waals surface area contributed by atoms with Crippen molar-refractivity contribution in [2.24, 2.45) is 16.7 Å². The van der Waals surface area contributed by atoms with E-state index in [0.29, 0.717) is 12.3 Å². The van der Waals surface area contributed by atoms with Gasteiger partial charge in [-0.15, -0.1) is 0 Å². The van der Waals surface area contributed by atoms with Crippen LogP contribution in [0.5, 0.6) is 0 Å². The second kappa shape index (κ2) is 2.70. The van der Waals surface area contributed by atoms with E-state index in [0.717, 1.165) is 12.8 Å². The molecule has 2 aliphatic rings. The average molecular weight is 202 g/mol. The van der Waals surface area contributed by atoms with E-state index in [1.807, 2.05) is 6.92 Å². The van der Waals surface area contributed by atoms with Crippen molar-refractivity contribution in [3.63, 3.8) is 0 Å². The smallest absolute Gasteiger partial charge is 0.239 e. The molecule has 2 atom stereocenters. The van der Waals surface area contributed by atoms with E-state index in [9.17, 15) is 0 Å². The van der Waals surface area contributed by atoms with Gasteiger partial charge >= 0.3 is 0 Å². The molecule has 2 aliphatic carbocycles. The molecule has 0 aliphatic heterocycles. The van der Waals surface area contributed by atoms with E-state index in [-0.39, 0.29) is 10.8 Å². The molecule has 0 aromatic carbocycles. The van der Waals surface area contributed by atoms with Crippen molar-refractivity contribution in [1.29, 1.82) is 0 Å². The van der Waals surface area contributed by atoms with Crippen LogP contribution in [0, 0.1) is 16.7 Å². The van der Waals surface area contributed by atoms with E-state index in [1.165, 1.54) is 0 Å². The summed E-state index contributed by atoms with van der Waals surface area (Å²) in [5, 5.41) is 17.9. The molecule has 82 valence electrons. The Balaban J connectivity index is 2.44. The summed E-state index contributed by atoms with van der Waals surface area (Å²) in [7, 11) is 0. The molecule has 0 aromatic rings. The van der Waals surface area contributed by atoms with Gasteiger partial charge in [0.25, 0.3) is 0 Å². The van der Waals surface area contributed by atoms with Gasteiger partial charge in [0.2, 0.25) is 5.79 Å². The van der Waals surface area contributed by atoms with Gasteiger partial charge in [-0.2, -0.15) is 0 Å². The fourth-order valence-corrected chi connectivity index (χ4v) is 3.48. The standard InChI is InChI=1S/C10H18O4/c1-8(2)7-4-5-9(8,3)10(6-7,13-11)14-12/h7,11-12H,4-6H2,1-3H3. The van der Waals surface area contributed by atoms with Gasteiger partial charge in [0, 0.05) is 11.8 Å². The summed E-state index contributed by atoms with van der Waals surface area (Å²) in [4.78, 5) is 8.90. The summed E-state index contributed by atoms with van der Waals surface area (Å²) < 4.78 is 0. The third-order valence-electron chi connectivity index (χ3n) is 5.09. The zero-order chi connectivity index (χ0) is 10.6. The van der Waals surface area contributed by atoms with Crippen molar-refractivity contribution in [1.82, 2.24) is 0 Å². The average Bonchev–Trinajstić information content (AvgIpc) is 2.48. The quantitative estimate of drug-likeness (QED) is 0.410. The first-order chi connectivity index (χ1) is 6.43. The molecule has 2 bridgehead atoms. The second-order valence-electron chi connectivity index (χ2n) is 5.43. The number of hydrogen-bond acceptors (Lipinski definition) is 4. The van der Waals surface area contributed by atoms with Crippen molar-refractivity contribution >= 4 is 0 Å². The lowest BCUT2D eigenvalue weighted by molar-refractivity contribution is -0.514. The van der Waals surface area contributed by atoms with Gasteiger partial charge in [-0.1, -0.05) is 20.8 Å². The number of fused-ring (bicyclic) bond motifs is 2. The molecular formula is C10H18O4. The lowest BCUT2D eigenvalue weighted by Crippen LogP contribution is -2.50. The summed E-state index contributed by atoms with van der Waals surface area (Å²) in [6.07, 6.45) is 2.58. The fraction of sp³-hybridized carbons (Fsp3) is 1.00. The molecule has 0 heterocycles. The highest BCUT2D eigenvalue weighted by molar-refractivity contribution is 5.14. The number of hydrogen-bond donors (Lipinski definition) is 2. The van der Waals surface area contributed by atoms with Gasteiger partial charge in [-0.3, -0.25) is 0 Å². The first-order valence-electron chi connectivity index (χ1n) is 5.09. The Morgan fingerprint density at radius 1 is 1.14 bits per heavy atom. The number of rotatable bonds is 2. The molecule has 2 rings (SSSR count). The summed E-state index contributed by atoms with van der Waals surface area (Å²) in [6, 6.07) is 0. The van der Waals surface area contributed by atoms with Crippen LogP contribution in [0.1, 0.15) is 40.0 Å². The molecule has 4 nitrogen and oxygen atoms in total. The van der Waals surface area contributed by atoms with Crippen LogP contribution in [-0.2, 0) is 9.78 Å². The Kier molecular flexibility index (Phi) is 2.00. The maximum Gasteiger partial charge on any atom is 0.239 e. The molecule has 2 N–H and O–H groups in total. The Hall–Kier alpha value is -0.160. The van der Waals surface area contributed by atoms with E-state index in [2.05, 4.69) is 23.6 Å². The minimum Gasteiger partial charge on any atom is -0.249 e. The SMILES string of the molecule is CC1(C)C2CCC1(C)C(OO)(OO)C2. The topological polar surface area (TPSA) is 58.9 Å². The Morgan fingerprint density at radius 3 is 1.93 bits per heavy atom. The zero-order valence-electron chi connectivity index (χ0n) is 8.91. The Morgan fingerprint density at radius 2 is 1.71 bits per heavy atom. The second-order valence-corrected chi connectivity index (χ2v) is 5.43. The van der Waals surface area contributed by atoms with Crippen molar-refractivity contribution in [3.8, 4) is 0 Å². The lowest BCUT2D eigenvalue weighted by Gasteiger charge is -2.43. The van der Waals surface area contributed by atoms with Gasteiger partial charge in [-0.05, 0) is 24.2 Å². The van der Waals surface area contributed by atoms with Crippen LogP contribution in [0.2, 0.25) is 0 Å². The van der Waals surface area contributed by atoms with Crippen LogP contribution in [0.4, 0.5) is 0 Å².